The van der Waals surface area contributed by atoms with Crippen molar-refractivity contribution >= 4 is 16.0 Å². The van der Waals surface area contributed by atoms with Crippen LogP contribution in [-0.4, -0.2) is 66.3 Å². The Morgan fingerprint density at radius 3 is 2.92 bits per heavy atom. The quantitative estimate of drug-likeness (QED) is 0.382. The minimum absolute atomic E-state index is 0.112. The van der Waals surface area contributed by atoms with E-state index in [1.165, 1.54) is 6.07 Å². The number of rotatable bonds is 8. The first-order valence-corrected chi connectivity index (χ1v) is 10.1. The average molecular weight is 385 g/mol. The highest BCUT2D eigenvalue weighted by Gasteiger charge is 2.24. The number of methoxy groups -OCH3 is 1. The second-order valence-corrected chi connectivity index (χ2v) is 7.82. The second-order valence-electron chi connectivity index (χ2n) is 6.26. The van der Waals surface area contributed by atoms with Gasteiger partial charge in [-0.1, -0.05) is 12.1 Å². The van der Waals surface area contributed by atoms with Gasteiger partial charge in [-0.05, 0) is 24.1 Å². The van der Waals surface area contributed by atoms with Crippen LogP contribution in [0.4, 0.5) is 0 Å². The summed E-state index contributed by atoms with van der Waals surface area (Å²) in [6.45, 7) is 4.20. The molecule has 9 heteroatoms. The largest absolute Gasteiger partial charge is 0.382 e. The Morgan fingerprint density at radius 1 is 1.42 bits per heavy atom. The predicted octanol–water partition coefficient (Wildman–Crippen LogP) is 0.394. The number of benzene rings is 1. The Bertz CT molecular complexity index is 708. The van der Waals surface area contributed by atoms with E-state index in [0.717, 1.165) is 31.0 Å². The van der Waals surface area contributed by atoms with E-state index in [4.69, 9.17) is 14.6 Å². The summed E-state index contributed by atoms with van der Waals surface area (Å²) in [7, 11) is -0.294. The van der Waals surface area contributed by atoms with Crippen molar-refractivity contribution < 1.29 is 17.9 Å². The number of nitrogens with zero attached hydrogens (tertiary/aromatic N) is 2. The molecular formula is C17H28N4O4S. The van der Waals surface area contributed by atoms with Gasteiger partial charge in [-0.15, -0.1) is 0 Å². The fraction of sp³-hybridized carbons (Fsp3) is 0.588. The number of sulfonamides is 1. The lowest BCUT2D eigenvalue weighted by Gasteiger charge is -2.22. The molecule has 0 radical (unpaired) electrons. The van der Waals surface area contributed by atoms with E-state index in [-0.39, 0.29) is 4.90 Å². The third kappa shape index (κ3) is 6.24. The Balaban J connectivity index is 1.85. The van der Waals surface area contributed by atoms with Crippen LogP contribution in [0.3, 0.4) is 0 Å². The molecule has 26 heavy (non-hydrogen) atoms. The molecule has 0 spiro atoms. The number of aliphatic imine (C=N–C) groups is 1. The van der Waals surface area contributed by atoms with Gasteiger partial charge in [0, 0.05) is 39.7 Å². The second kappa shape index (κ2) is 9.86. The Labute approximate surface area is 155 Å². The lowest BCUT2D eigenvalue weighted by molar-refractivity contribution is 0.0536. The normalized spacial score (nSPS) is 18.3. The predicted molar refractivity (Wildman–Crippen MR) is 100 cm³/mol. The molecule has 1 aliphatic heterocycles. The molecule has 3 N–H and O–H groups in total. The summed E-state index contributed by atoms with van der Waals surface area (Å²) in [5, 5.41) is 8.46. The van der Waals surface area contributed by atoms with Crippen LogP contribution < -0.4 is 10.5 Å². The minimum atomic E-state index is -3.70. The van der Waals surface area contributed by atoms with Crippen LogP contribution in [0.5, 0.6) is 0 Å². The van der Waals surface area contributed by atoms with E-state index >= 15 is 0 Å². The maximum absolute atomic E-state index is 11.5. The van der Waals surface area contributed by atoms with Crippen molar-refractivity contribution in [2.75, 3.05) is 47.1 Å². The van der Waals surface area contributed by atoms with Gasteiger partial charge in [0.05, 0.1) is 24.7 Å². The van der Waals surface area contributed by atoms with Crippen molar-refractivity contribution in [3.05, 3.63) is 29.8 Å². The summed E-state index contributed by atoms with van der Waals surface area (Å²) < 4.78 is 33.5. The first-order chi connectivity index (χ1) is 12.4. The molecule has 1 heterocycles. The Morgan fingerprint density at radius 2 is 2.23 bits per heavy atom. The molecule has 146 valence electrons. The summed E-state index contributed by atoms with van der Waals surface area (Å²) in [6.07, 6.45) is 1.05. The number of hydrogen-bond donors (Lipinski definition) is 2. The van der Waals surface area contributed by atoms with Gasteiger partial charge in [-0.3, -0.25) is 4.99 Å². The van der Waals surface area contributed by atoms with Crippen LogP contribution in [0.25, 0.3) is 0 Å². The van der Waals surface area contributed by atoms with Crippen LogP contribution in [0, 0.1) is 5.92 Å². The number of likely N-dealkylation sites (tertiary alicyclic amines) is 1. The summed E-state index contributed by atoms with van der Waals surface area (Å²) in [5.41, 5.74) is 0.830. The number of ether oxygens (including phenoxy) is 2. The molecule has 8 nitrogen and oxygen atoms in total. The molecule has 0 aliphatic carbocycles. The molecule has 2 rings (SSSR count). The van der Waals surface area contributed by atoms with Gasteiger partial charge in [0.25, 0.3) is 0 Å². The topological polar surface area (TPSA) is 106 Å². The van der Waals surface area contributed by atoms with Gasteiger partial charge in [-0.2, -0.15) is 0 Å². The van der Waals surface area contributed by atoms with Crippen LogP contribution in [0.2, 0.25) is 0 Å². The van der Waals surface area contributed by atoms with Crippen molar-refractivity contribution in [2.24, 2.45) is 16.0 Å². The van der Waals surface area contributed by atoms with Gasteiger partial charge in [0.2, 0.25) is 10.0 Å². The lowest BCUT2D eigenvalue weighted by Crippen LogP contribution is -2.39. The van der Waals surface area contributed by atoms with Crippen LogP contribution in [0.15, 0.2) is 34.2 Å². The number of nitrogens with two attached hydrogens (primary N) is 1. The average Bonchev–Trinajstić information content (AvgIpc) is 3.08. The van der Waals surface area contributed by atoms with E-state index in [9.17, 15) is 8.42 Å². The maximum atomic E-state index is 11.5. The third-order valence-corrected chi connectivity index (χ3v) is 5.17. The number of hydrogen-bond acceptors (Lipinski definition) is 5. The van der Waals surface area contributed by atoms with E-state index < -0.39 is 10.0 Å². The van der Waals surface area contributed by atoms with Crippen molar-refractivity contribution in [3.63, 3.8) is 0 Å². The van der Waals surface area contributed by atoms with Crippen molar-refractivity contribution in [3.8, 4) is 0 Å². The van der Waals surface area contributed by atoms with E-state index in [2.05, 4.69) is 15.2 Å². The molecule has 1 saturated heterocycles. The summed E-state index contributed by atoms with van der Waals surface area (Å²) in [6, 6.07) is 6.60. The van der Waals surface area contributed by atoms with Crippen molar-refractivity contribution in [2.45, 2.75) is 17.9 Å². The highest BCUT2D eigenvalue weighted by Crippen LogP contribution is 2.17. The molecule has 0 saturated carbocycles. The highest BCUT2D eigenvalue weighted by molar-refractivity contribution is 7.89. The van der Waals surface area contributed by atoms with Gasteiger partial charge in [0.1, 0.15) is 0 Å². The number of nitrogens with one attached hydrogen (secondary N) is 1. The molecule has 0 amide bonds. The molecule has 1 aromatic rings. The zero-order valence-corrected chi connectivity index (χ0v) is 16.2. The zero-order chi connectivity index (χ0) is 19.0. The first kappa shape index (κ1) is 20.6. The smallest absolute Gasteiger partial charge is 0.238 e. The molecular weight excluding hydrogens is 356 g/mol. The molecule has 1 aromatic carbocycles. The SMILES string of the molecule is CN=C(NCc1cccc(S(N)(=O)=O)c1)N1CCC(COCCOC)C1. The van der Waals surface area contributed by atoms with Crippen molar-refractivity contribution in [1.29, 1.82) is 0 Å². The molecule has 1 fully saturated rings. The minimum Gasteiger partial charge on any atom is -0.382 e. The van der Waals surface area contributed by atoms with Crippen LogP contribution in [0.1, 0.15) is 12.0 Å². The van der Waals surface area contributed by atoms with Gasteiger partial charge < -0.3 is 19.7 Å². The van der Waals surface area contributed by atoms with E-state index in [1.807, 2.05) is 6.07 Å². The van der Waals surface area contributed by atoms with Gasteiger partial charge in [-0.25, -0.2) is 13.6 Å². The molecule has 1 atom stereocenters. The van der Waals surface area contributed by atoms with E-state index in [1.54, 1.807) is 26.3 Å². The van der Waals surface area contributed by atoms with Gasteiger partial charge >= 0.3 is 0 Å². The van der Waals surface area contributed by atoms with E-state index in [0.29, 0.717) is 32.3 Å². The lowest BCUT2D eigenvalue weighted by atomic mass is 10.1. The van der Waals surface area contributed by atoms with Crippen LogP contribution in [-0.2, 0) is 26.0 Å². The number of primary sulfonamides is 1. The van der Waals surface area contributed by atoms with Gasteiger partial charge in [0.15, 0.2) is 5.96 Å². The highest BCUT2D eigenvalue weighted by atomic mass is 32.2. The standard InChI is InChI=1S/C17H28N4O4S/c1-19-17(21-7-6-15(12-21)13-25-9-8-24-2)20-11-14-4-3-5-16(10-14)26(18,22)23/h3-5,10,15H,6-9,11-13H2,1-2H3,(H,19,20)(H2,18,22,23). The molecule has 0 aromatic heterocycles. The Hall–Kier alpha value is -1.68. The molecule has 1 unspecified atom stereocenters. The summed E-state index contributed by atoms with van der Waals surface area (Å²) in [5.74, 6) is 1.27. The monoisotopic (exact) mass is 384 g/mol. The molecule has 1 aliphatic rings. The number of guanidine groups is 1. The fourth-order valence-corrected chi connectivity index (χ4v) is 3.48. The molecule has 0 bridgehead atoms. The zero-order valence-electron chi connectivity index (χ0n) is 15.3. The first-order valence-electron chi connectivity index (χ1n) is 8.58. The maximum Gasteiger partial charge on any atom is 0.238 e. The fourth-order valence-electron chi connectivity index (χ4n) is 2.90. The summed E-state index contributed by atoms with van der Waals surface area (Å²) in [4.78, 5) is 6.63. The third-order valence-electron chi connectivity index (χ3n) is 4.26. The summed E-state index contributed by atoms with van der Waals surface area (Å²) >= 11 is 0. The van der Waals surface area contributed by atoms with Crippen LogP contribution >= 0.6 is 0 Å². The van der Waals surface area contributed by atoms with Crippen molar-refractivity contribution in [1.82, 2.24) is 10.2 Å². The Kier molecular flexibility index (Phi) is 7.83.